The lowest BCUT2D eigenvalue weighted by atomic mass is 9.85. The van der Waals surface area contributed by atoms with E-state index in [1.165, 1.54) is 11.1 Å². The molecule has 1 fully saturated rings. The Morgan fingerprint density at radius 1 is 1.11 bits per heavy atom. The quantitative estimate of drug-likeness (QED) is 0.557. The van der Waals surface area contributed by atoms with E-state index in [9.17, 15) is 4.79 Å². The summed E-state index contributed by atoms with van der Waals surface area (Å²) in [6.07, 6.45) is 9.20. The minimum atomic E-state index is 0.0128. The average Bonchev–Trinajstić information content (AvgIpc) is 3.27. The minimum absolute atomic E-state index is 0.0128. The third-order valence-corrected chi connectivity index (χ3v) is 7.34. The highest BCUT2D eigenvalue weighted by Gasteiger charge is 2.29. The van der Waals surface area contributed by atoms with E-state index in [-0.39, 0.29) is 17.2 Å². The molecule has 2 unspecified atom stereocenters. The van der Waals surface area contributed by atoms with Crippen LogP contribution < -0.4 is 10.2 Å². The monoisotopic (exact) mass is 500 g/mol. The lowest BCUT2D eigenvalue weighted by Crippen LogP contribution is -2.45. The molecule has 0 aromatic carbocycles. The van der Waals surface area contributed by atoms with Crippen LogP contribution in [0.15, 0.2) is 36.8 Å². The van der Waals surface area contributed by atoms with Gasteiger partial charge in [-0.1, -0.05) is 27.7 Å². The first kappa shape index (κ1) is 25.1. The number of aromatic nitrogens is 5. The SMILES string of the molecule is CC1Cn2ncc(C(C)(C)C)c2C=C1c1ccnc(Nc2ccc(N3CCC(N(C)C)CC3=O)cn2)n1. The van der Waals surface area contributed by atoms with Gasteiger partial charge in [-0.25, -0.2) is 15.0 Å². The van der Waals surface area contributed by atoms with Crippen LogP contribution in [-0.4, -0.2) is 62.2 Å². The van der Waals surface area contributed by atoms with Crippen molar-refractivity contribution in [3.8, 4) is 0 Å². The largest absolute Gasteiger partial charge is 0.311 e. The first-order valence-electron chi connectivity index (χ1n) is 12.9. The van der Waals surface area contributed by atoms with Crippen molar-refractivity contribution in [1.82, 2.24) is 29.6 Å². The molecule has 5 heterocycles. The Hall–Kier alpha value is -3.59. The average molecular weight is 501 g/mol. The number of carbonyl (C=O) groups is 1. The molecule has 0 saturated carbocycles. The number of allylic oxidation sites excluding steroid dienone is 1. The number of piperidine rings is 1. The van der Waals surface area contributed by atoms with Crippen LogP contribution in [-0.2, 0) is 16.8 Å². The van der Waals surface area contributed by atoms with Crippen LogP contribution in [0.3, 0.4) is 0 Å². The second-order valence-electron chi connectivity index (χ2n) is 11.3. The predicted octanol–water partition coefficient (Wildman–Crippen LogP) is 4.36. The standard InChI is InChI=1S/C28H36N8O/c1-18-17-36-24(22(16-31-36)28(2,3)4)14-21(18)23-9-11-29-27(32-23)33-25-8-7-20(15-30-25)35-12-10-19(34(5)6)13-26(35)37/h7-9,11,14-16,18-19H,10,12-13,17H2,1-6H3,(H,29,30,32,33). The molecule has 3 aromatic heterocycles. The number of nitrogens with one attached hydrogen (secondary N) is 1. The zero-order valence-corrected chi connectivity index (χ0v) is 22.6. The van der Waals surface area contributed by atoms with E-state index in [0.29, 0.717) is 30.8 Å². The number of amides is 1. The Kier molecular flexibility index (Phi) is 6.58. The second-order valence-corrected chi connectivity index (χ2v) is 11.3. The molecule has 0 aliphatic carbocycles. The highest BCUT2D eigenvalue weighted by Crippen LogP contribution is 2.35. The summed E-state index contributed by atoms with van der Waals surface area (Å²) >= 11 is 0. The minimum Gasteiger partial charge on any atom is -0.311 e. The van der Waals surface area contributed by atoms with Gasteiger partial charge in [0.15, 0.2) is 0 Å². The van der Waals surface area contributed by atoms with Crippen LogP contribution in [0.25, 0.3) is 11.6 Å². The molecule has 194 valence electrons. The lowest BCUT2D eigenvalue weighted by Gasteiger charge is -2.34. The Morgan fingerprint density at radius 2 is 1.92 bits per heavy atom. The fraction of sp³-hybridized carbons (Fsp3) is 0.464. The van der Waals surface area contributed by atoms with Gasteiger partial charge in [-0.15, -0.1) is 0 Å². The van der Waals surface area contributed by atoms with Gasteiger partial charge in [-0.05, 0) is 55.8 Å². The smallest absolute Gasteiger partial charge is 0.228 e. The maximum Gasteiger partial charge on any atom is 0.228 e. The summed E-state index contributed by atoms with van der Waals surface area (Å²) in [6.45, 7) is 10.3. The number of rotatable bonds is 5. The fourth-order valence-corrected chi connectivity index (χ4v) is 5.09. The highest BCUT2D eigenvalue weighted by molar-refractivity contribution is 5.94. The van der Waals surface area contributed by atoms with Crippen molar-refractivity contribution in [2.75, 3.05) is 30.9 Å². The van der Waals surface area contributed by atoms with Crippen molar-refractivity contribution >= 4 is 35.0 Å². The number of anilines is 3. The summed E-state index contributed by atoms with van der Waals surface area (Å²) in [5.41, 5.74) is 5.27. The van der Waals surface area contributed by atoms with Gasteiger partial charge in [0.25, 0.3) is 0 Å². The highest BCUT2D eigenvalue weighted by atomic mass is 16.2. The molecule has 0 spiro atoms. The first-order valence-corrected chi connectivity index (χ1v) is 12.9. The normalized spacial score (nSPS) is 20.1. The molecule has 2 aliphatic heterocycles. The van der Waals surface area contributed by atoms with Crippen molar-refractivity contribution in [1.29, 1.82) is 0 Å². The molecule has 37 heavy (non-hydrogen) atoms. The van der Waals surface area contributed by atoms with Crippen molar-refractivity contribution in [3.63, 3.8) is 0 Å². The Balaban J connectivity index is 1.33. The fourth-order valence-electron chi connectivity index (χ4n) is 5.09. The van der Waals surface area contributed by atoms with Gasteiger partial charge in [0.2, 0.25) is 11.9 Å². The number of hydrogen-bond acceptors (Lipinski definition) is 7. The van der Waals surface area contributed by atoms with Crippen LogP contribution in [0.4, 0.5) is 17.5 Å². The van der Waals surface area contributed by atoms with E-state index in [4.69, 9.17) is 4.98 Å². The molecular formula is C28H36N8O. The number of nitrogens with zero attached hydrogens (tertiary/aromatic N) is 7. The van der Waals surface area contributed by atoms with Crippen LogP contribution >= 0.6 is 0 Å². The van der Waals surface area contributed by atoms with Crippen molar-refractivity contribution in [2.24, 2.45) is 5.92 Å². The second kappa shape index (κ2) is 9.70. The van der Waals surface area contributed by atoms with Gasteiger partial charge in [-0.3, -0.25) is 9.48 Å². The molecule has 3 aromatic rings. The Labute approximate surface area is 218 Å². The molecule has 2 atom stereocenters. The molecule has 9 heteroatoms. The van der Waals surface area contributed by atoms with Crippen LogP contribution in [0.1, 0.15) is 57.5 Å². The van der Waals surface area contributed by atoms with Gasteiger partial charge in [0.05, 0.1) is 29.5 Å². The molecule has 5 rings (SSSR count). The van der Waals surface area contributed by atoms with E-state index in [2.05, 4.69) is 63.7 Å². The Bertz CT molecular complexity index is 1320. The van der Waals surface area contributed by atoms with Crippen molar-refractivity contribution in [2.45, 2.75) is 58.5 Å². The van der Waals surface area contributed by atoms with Gasteiger partial charge < -0.3 is 15.1 Å². The van der Waals surface area contributed by atoms with E-state index in [0.717, 1.165) is 30.0 Å². The molecule has 1 saturated heterocycles. The third-order valence-electron chi connectivity index (χ3n) is 7.34. The zero-order chi connectivity index (χ0) is 26.3. The molecule has 2 aliphatic rings. The first-order chi connectivity index (χ1) is 17.6. The number of carbonyl (C=O) groups excluding carboxylic acids is 1. The lowest BCUT2D eigenvalue weighted by molar-refractivity contribution is -0.120. The summed E-state index contributed by atoms with van der Waals surface area (Å²) in [5, 5.41) is 7.85. The van der Waals surface area contributed by atoms with E-state index in [1.807, 2.05) is 43.4 Å². The van der Waals surface area contributed by atoms with E-state index >= 15 is 0 Å². The van der Waals surface area contributed by atoms with Gasteiger partial charge in [-0.2, -0.15) is 5.10 Å². The molecule has 9 nitrogen and oxygen atoms in total. The summed E-state index contributed by atoms with van der Waals surface area (Å²) in [4.78, 5) is 30.4. The molecule has 0 bridgehead atoms. The molecule has 0 radical (unpaired) electrons. The maximum atomic E-state index is 12.7. The summed E-state index contributed by atoms with van der Waals surface area (Å²) < 4.78 is 2.09. The molecule has 1 N–H and O–H groups in total. The predicted molar refractivity (Wildman–Crippen MR) is 147 cm³/mol. The van der Waals surface area contributed by atoms with Crippen LogP contribution in [0, 0.1) is 5.92 Å². The zero-order valence-electron chi connectivity index (χ0n) is 22.6. The number of pyridine rings is 1. The van der Waals surface area contributed by atoms with Gasteiger partial charge >= 0.3 is 0 Å². The Morgan fingerprint density at radius 3 is 2.59 bits per heavy atom. The van der Waals surface area contributed by atoms with Crippen molar-refractivity contribution < 1.29 is 4.79 Å². The molecular weight excluding hydrogens is 464 g/mol. The summed E-state index contributed by atoms with van der Waals surface area (Å²) in [6, 6.07) is 6.04. The third kappa shape index (κ3) is 5.13. The topological polar surface area (TPSA) is 92.1 Å². The van der Waals surface area contributed by atoms with Crippen molar-refractivity contribution in [3.05, 3.63) is 53.7 Å². The van der Waals surface area contributed by atoms with Gasteiger partial charge in [0.1, 0.15) is 5.82 Å². The number of fused-ring (bicyclic) bond motifs is 1. The van der Waals surface area contributed by atoms with E-state index < -0.39 is 0 Å². The van der Waals surface area contributed by atoms with Crippen LogP contribution in [0.5, 0.6) is 0 Å². The summed E-state index contributed by atoms with van der Waals surface area (Å²) in [7, 11) is 4.05. The van der Waals surface area contributed by atoms with Crippen LogP contribution in [0.2, 0.25) is 0 Å². The number of hydrogen-bond donors (Lipinski definition) is 1. The molecule has 1 amide bonds. The summed E-state index contributed by atoms with van der Waals surface area (Å²) in [5.74, 6) is 1.53. The van der Waals surface area contributed by atoms with Gasteiger partial charge in [0, 0.05) is 43.2 Å². The van der Waals surface area contributed by atoms with E-state index in [1.54, 1.807) is 12.4 Å². The maximum absolute atomic E-state index is 12.7.